The highest BCUT2D eigenvalue weighted by Gasteiger charge is 2.19. The largest absolute Gasteiger partial charge is 0.493 e. The number of aryl methyl sites for hydroxylation is 2. The number of carbonyl (C=O) groups is 1. The number of hydrogen-bond donors (Lipinski definition) is 1. The van der Waals surface area contributed by atoms with Crippen LogP contribution >= 0.6 is 11.3 Å². The van der Waals surface area contributed by atoms with Crippen LogP contribution in [0.3, 0.4) is 0 Å². The highest BCUT2D eigenvalue weighted by atomic mass is 32.1. The first-order valence-electron chi connectivity index (χ1n) is 7.64. The Kier molecular flexibility index (Phi) is 4.40. The number of hydrogen-bond acceptors (Lipinski definition) is 4. The van der Waals surface area contributed by atoms with Gasteiger partial charge in [0, 0.05) is 22.2 Å². The summed E-state index contributed by atoms with van der Waals surface area (Å²) in [6.45, 7) is 6.53. The number of fused-ring (bicyclic) bond motifs is 1. The van der Waals surface area contributed by atoms with Crippen LogP contribution < -0.4 is 4.74 Å². The van der Waals surface area contributed by atoms with Crippen molar-refractivity contribution < 1.29 is 14.6 Å². The number of thiazole rings is 1. The molecule has 6 heteroatoms. The highest BCUT2D eigenvalue weighted by molar-refractivity contribution is 7.17. The first kappa shape index (κ1) is 16.3. The Balaban J connectivity index is 2.28. The van der Waals surface area contributed by atoms with E-state index in [4.69, 9.17) is 14.8 Å². The monoisotopic (exact) mass is 342 g/mol. The molecule has 0 amide bonds. The fourth-order valence-corrected chi connectivity index (χ4v) is 3.59. The van der Waals surface area contributed by atoms with Crippen LogP contribution in [0.5, 0.6) is 5.75 Å². The molecule has 2 heterocycles. The molecule has 0 saturated carbocycles. The number of aromatic nitrogens is 2. The Morgan fingerprint density at radius 1 is 1.38 bits per heavy atom. The third-order valence-electron chi connectivity index (χ3n) is 3.80. The highest BCUT2D eigenvalue weighted by Crippen LogP contribution is 2.36. The van der Waals surface area contributed by atoms with Crippen molar-refractivity contribution in [2.24, 2.45) is 0 Å². The van der Waals surface area contributed by atoms with Crippen molar-refractivity contribution >= 4 is 28.3 Å². The second kappa shape index (κ2) is 6.49. The zero-order chi connectivity index (χ0) is 17.3. The summed E-state index contributed by atoms with van der Waals surface area (Å²) in [5.74, 6) is -0.247. The lowest BCUT2D eigenvalue weighted by molar-refractivity contribution is -0.131. The van der Waals surface area contributed by atoms with E-state index in [0.29, 0.717) is 6.61 Å². The Bertz CT molecular complexity index is 937. The van der Waals surface area contributed by atoms with E-state index in [2.05, 4.69) is 0 Å². The molecular weight excluding hydrogens is 324 g/mol. The Labute approximate surface area is 143 Å². The molecule has 3 rings (SSSR count). The van der Waals surface area contributed by atoms with E-state index in [1.807, 2.05) is 49.4 Å². The van der Waals surface area contributed by atoms with E-state index in [9.17, 15) is 4.79 Å². The molecule has 0 aliphatic heterocycles. The summed E-state index contributed by atoms with van der Waals surface area (Å²) in [5, 5.41) is 9.02. The van der Waals surface area contributed by atoms with Gasteiger partial charge in [-0.2, -0.15) is 0 Å². The number of carboxylic acid groups (broad SMARTS) is 1. The number of carboxylic acids is 1. The lowest BCUT2D eigenvalue weighted by Crippen LogP contribution is -1.96. The average Bonchev–Trinajstić information content (AvgIpc) is 3.03. The summed E-state index contributed by atoms with van der Waals surface area (Å²) in [6.07, 6.45) is 2.74. The van der Waals surface area contributed by atoms with E-state index in [1.165, 1.54) is 0 Å². The number of imidazole rings is 1. The van der Waals surface area contributed by atoms with Gasteiger partial charge in [0.25, 0.3) is 0 Å². The van der Waals surface area contributed by atoms with Gasteiger partial charge in [-0.05, 0) is 39.0 Å². The van der Waals surface area contributed by atoms with Gasteiger partial charge in [-0.1, -0.05) is 12.1 Å². The molecule has 124 valence electrons. The Morgan fingerprint density at radius 2 is 2.12 bits per heavy atom. The van der Waals surface area contributed by atoms with Crippen molar-refractivity contribution in [3.8, 4) is 17.0 Å². The van der Waals surface area contributed by atoms with Crippen LogP contribution in [-0.4, -0.2) is 27.1 Å². The minimum Gasteiger partial charge on any atom is -0.493 e. The van der Waals surface area contributed by atoms with Gasteiger partial charge in [-0.15, -0.1) is 11.3 Å². The molecule has 0 radical (unpaired) electrons. The Hall–Kier alpha value is -2.60. The number of rotatable bonds is 5. The topological polar surface area (TPSA) is 63.8 Å². The van der Waals surface area contributed by atoms with Crippen LogP contribution in [0.25, 0.3) is 22.3 Å². The summed E-state index contributed by atoms with van der Waals surface area (Å²) in [6, 6.07) is 7.68. The maximum absolute atomic E-state index is 11.0. The number of aliphatic carboxylic acids is 1. The van der Waals surface area contributed by atoms with Gasteiger partial charge in [0.05, 0.1) is 12.3 Å². The maximum Gasteiger partial charge on any atom is 0.328 e. The predicted octanol–water partition coefficient (Wildman–Crippen LogP) is 4.18. The zero-order valence-electron chi connectivity index (χ0n) is 13.7. The van der Waals surface area contributed by atoms with Gasteiger partial charge in [0.15, 0.2) is 4.96 Å². The summed E-state index contributed by atoms with van der Waals surface area (Å²) in [5.41, 5.74) is 3.40. The average molecular weight is 342 g/mol. The van der Waals surface area contributed by atoms with Crippen molar-refractivity contribution in [3.63, 3.8) is 0 Å². The van der Waals surface area contributed by atoms with Gasteiger partial charge in [0.2, 0.25) is 0 Å². The molecule has 0 atom stereocenters. The zero-order valence-corrected chi connectivity index (χ0v) is 14.6. The molecule has 5 nitrogen and oxygen atoms in total. The molecule has 2 aromatic heterocycles. The minimum absolute atomic E-state index is 0.553. The van der Waals surface area contributed by atoms with Crippen LogP contribution in [-0.2, 0) is 4.79 Å². The first-order valence-corrected chi connectivity index (χ1v) is 8.46. The van der Waals surface area contributed by atoms with E-state index < -0.39 is 5.97 Å². The normalized spacial score (nSPS) is 11.5. The molecule has 1 N–H and O–H groups in total. The number of benzene rings is 1. The second-order valence-corrected chi connectivity index (χ2v) is 6.49. The van der Waals surface area contributed by atoms with Crippen molar-refractivity contribution in [2.75, 3.05) is 6.61 Å². The second-order valence-electron chi connectivity index (χ2n) is 5.31. The molecule has 0 saturated heterocycles. The van der Waals surface area contributed by atoms with E-state index in [-0.39, 0.29) is 0 Å². The van der Waals surface area contributed by atoms with E-state index >= 15 is 0 Å². The third kappa shape index (κ3) is 2.80. The molecule has 0 fully saturated rings. The molecule has 0 spiro atoms. The van der Waals surface area contributed by atoms with Crippen LogP contribution in [0.2, 0.25) is 0 Å². The van der Waals surface area contributed by atoms with E-state index in [0.717, 1.165) is 44.3 Å². The molecule has 0 bridgehead atoms. The molecule has 0 aliphatic carbocycles. The quantitative estimate of drug-likeness (QED) is 0.707. The SMILES string of the molecule is CCOc1ccccc1-c1nc2sc(C)c(C)n2c1/C=C/C(=O)O. The standard InChI is InChI=1S/C18H18N2O3S/c1-4-23-15-8-6-5-7-13(15)17-14(9-10-16(21)22)20-11(2)12(3)24-18(20)19-17/h5-10H,4H2,1-3H3,(H,21,22)/b10-9+. The minimum atomic E-state index is -0.987. The molecule has 3 aromatic rings. The molecule has 1 aromatic carbocycles. The number of ether oxygens (including phenoxy) is 1. The summed E-state index contributed by atoms with van der Waals surface area (Å²) >= 11 is 1.59. The van der Waals surface area contributed by atoms with Gasteiger partial charge in [-0.3, -0.25) is 4.40 Å². The van der Waals surface area contributed by atoms with Gasteiger partial charge >= 0.3 is 5.97 Å². The molecule has 24 heavy (non-hydrogen) atoms. The van der Waals surface area contributed by atoms with Crippen LogP contribution in [0.1, 0.15) is 23.2 Å². The summed E-state index contributed by atoms with van der Waals surface area (Å²) in [7, 11) is 0. The van der Waals surface area contributed by atoms with Gasteiger partial charge in [0.1, 0.15) is 11.4 Å². The molecule has 0 unspecified atom stereocenters. The van der Waals surface area contributed by atoms with Crippen molar-refractivity contribution in [2.45, 2.75) is 20.8 Å². The number of nitrogens with zero attached hydrogens (tertiary/aromatic N) is 2. The van der Waals surface area contributed by atoms with Gasteiger partial charge < -0.3 is 9.84 Å². The fraction of sp³-hybridized carbons (Fsp3) is 0.222. The lowest BCUT2D eigenvalue weighted by Gasteiger charge is -2.09. The van der Waals surface area contributed by atoms with Crippen molar-refractivity contribution in [3.05, 3.63) is 46.6 Å². The molecular formula is C18H18N2O3S. The maximum atomic E-state index is 11.0. The predicted molar refractivity (Wildman–Crippen MR) is 95.8 cm³/mol. The van der Waals surface area contributed by atoms with Crippen LogP contribution in [0.15, 0.2) is 30.3 Å². The molecule has 0 aliphatic rings. The fourth-order valence-electron chi connectivity index (χ4n) is 2.62. The van der Waals surface area contributed by atoms with Crippen LogP contribution in [0, 0.1) is 13.8 Å². The third-order valence-corrected chi connectivity index (χ3v) is 4.86. The smallest absolute Gasteiger partial charge is 0.328 e. The Morgan fingerprint density at radius 3 is 2.83 bits per heavy atom. The number of para-hydroxylation sites is 1. The van der Waals surface area contributed by atoms with E-state index in [1.54, 1.807) is 17.4 Å². The summed E-state index contributed by atoms with van der Waals surface area (Å²) in [4.78, 5) is 17.7. The lowest BCUT2D eigenvalue weighted by atomic mass is 10.1. The van der Waals surface area contributed by atoms with Crippen molar-refractivity contribution in [1.82, 2.24) is 9.38 Å². The first-order chi connectivity index (χ1) is 11.5. The van der Waals surface area contributed by atoms with Crippen LogP contribution in [0.4, 0.5) is 0 Å². The summed E-state index contributed by atoms with van der Waals surface area (Å²) < 4.78 is 7.71. The van der Waals surface area contributed by atoms with Gasteiger partial charge in [-0.25, -0.2) is 9.78 Å². The van der Waals surface area contributed by atoms with Crippen molar-refractivity contribution in [1.29, 1.82) is 0 Å².